The molecule has 0 radical (unpaired) electrons. The molecule has 1 amide bonds. The van der Waals surface area contributed by atoms with E-state index in [0.29, 0.717) is 5.56 Å². The highest BCUT2D eigenvalue weighted by atomic mass is 16.1. The molecule has 0 saturated heterocycles. The lowest BCUT2D eigenvalue weighted by molar-refractivity contribution is 0.102. The predicted molar refractivity (Wildman–Crippen MR) is 92.5 cm³/mol. The van der Waals surface area contributed by atoms with Crippen LogP contribution in [-0.4, -0.2) is 41.2 Å². The molecule has 23 heavy (non-hydrogen) atoms. The lowest BCUT2D eigenvalue weighted by Crippen LogP contribution is -2.18. The maximum Gasteiger partial charge on any atom is 0.255 e. The summed E-state index contributed by atoms with van der Waals surface area (Å²) < 4.78 is 1.84. The maximum atomic E-state index is 12.4. The molecule has 5 heteroatoms. The normalized spacial score (nSPS) is 13.2. The van der Waals surface area contributed by atoms with Gasteiger partial charge in [0.2, 0.25) is 0 Å². The van der Waals surface area contributed by atoms with Gasteiger partial charge >= 0.3 is 0 Å². The molecule has 1 heterocycles. The van der Waals surface area contributed by atoms with Crippen LogP contribution in [0.3, 0.4) is 0 Å². The number of nitrogens with one attached hydrogen (secondary N) is 1. The van der Waals surface area contributed by atoms with Crippen LogP contribution in [0, 0.1) is 0 Å². The second-order valence-electron chi connectivity index (χ2n) is 6.10. The molecular formula is C18H22N4O. The van der Waals surface area contributed by atoms with Crippen molar-refractivity contribution >= 4 is 17.7 Å². The molecule has 1 aromatic heterocycles. The summed E-state index contributed by atoms with van der Waals surface area (Å²) in [6.45, 7) is 1.71. The van der Waals surface area contributed by atoms with E-state index in [9.17, 15) is 4.79 Å². The second-order valence-corrected chi connectivity index (χ2v) is 6.10. The number of rotatable bonds is 5. The van der Waals surface area contributed by atoms with Crippen LogP contribution in [0.2, 0.25) is 0 Å². The van der Waals surface area contributed by atoms with E-state index in [2.05, 4.69) is 27.5 Å². The van der Waals surface area contributed by atoms with E-state index in [1.54, 1.807) is 6.20 Å². The van der Waals surface area contributed by atoms with Gasteiger partial charge in [-0.05, 0) is 50.2 Å². The molecule has 0 atom stereocenters. The summed E-state index contributed by atoms with van der Waals surface area (Å²) in [5.41, 5.74) is 3.87. The number of anilines is 1. The Hall–Kier alpha value is -2.40. The Balaban J connectivity index is 1.66. The Labute approximate surface area is 136 Å². The van der Waals surface area contributed by atoms with E-state index in [-0.39, 0.29) is 5.91 Å². The molecule has 0 spiro atoms. The number of benzene rings is 1. The highest BCUT2D eigenvalue weighted by molar-refractivity contribution is 6.04. The molecule has 1 aliphatic carbocycles. The summed E-state index contributed by atoms with van der Waals surface area (Å²) in [7, 11) is 4.05. The Morgan fingerprint density at radius 1 is 1.39 bits per heavy atom. The Bertz CT molecular complexity index is 730. The first-order valence-corrected chi connectivity index (χ1v) is 7.90. The van der Waals surface area contributed by atoms with E-state index < -0.39 is 0 Å². The summed E-state index contributed by atoms with van der Waals surface area (Å²) >= 11 is 0. The Morgan fingerprint density at radius 3 is 3.09 bits per heavy atom. The first kappa shape index (κ1) is 15.5. The molecule has 3 rings (SSSR count). The molecule has 0 fully saturated rings. The number of hydrogen-bond acceptors (Lipinski definition) is 3. The van der Waals surface area contributed by atoms with Crippen LogP contribution < -0.4 is 5.32 Å². The molecule has 5 nitrogen and oxygen atoms in total. The van der Waals surface area contributed by atoms with Crippen molar-refractivity contribution in [3.8, 4) is 0 Å². The van der Waals surface area contributed by atoms with Gasteiger partial charge in [0.05, 0.1) is 18.4 Å². The SMILES string of the molecule is CN(C)CCn1cc(NC(=O)c2ccc3c(c2)CCC=C3)cn1. The molecule has 0 saturated carbocycles. The number of fused-ring (bicyclic) bond motifs is 1. The number of hydrogen-bond donors (Lipinski definition) is 1. The minimum absolute atomic E-state index is 0.0884. The molecule has 1 N–H and O–H groups in total. The fraction of sp³-hybridized carbons (Fsp3) is 0.333. The maximum absolute atomic E-state index is 12.4. The largest absolute Gasteiger partial charge is 0.319 e. The van der Waals surface area contributed by atoms with E-state index in [4.69, 9.17) is 0 Å². The first-order valence-electron chi connectivity index (χ1n) is 7.90. The highest BCUT2D eigenvalue weighted by Crippen LogP contribution is 2.21. The molecule has 2 aromatic rings. The number of aryl methyl sites for hydroxylation is 1. The molecule has 0 aliphatic heterocycles. The smallest absolute Gasteiger partial charge is 0.255 e. The zero-order valence-corrected chi connectivity index (χ0v) is 13.6. The van der Waals surface area contributed by atoms with Gasteiger partial charge in [0.15, 0.2) is 0 Å². The van der Waals surface area contributed by atoms with Crippen LogP contribution in [0.4, 0.5) is 5.69 Å². The van der Waals surface area contributed by atoms with E-state index in [0.717, 1.165) is 31.6 Å². The minimum atomic E-state index is -0.0884. The Kier molecular flexibility index (Phi) is 4.57. The van der Waals surface area contributed by atoms with Crippen LogP contribution in [0.5, 0.6) is 0 Å². The zero-order valence-electron chi connectivity index (χ0n) is 13.6. The van der Waals surface area contributed by atoms with Crippen LogP contribution in [0.25, 0.3) is 6.08 Å². The van der Waals surface area contributed by atoms with Gasteiger partial charge < -0.3 is 10.2 Å². The predicted octanol–water partition coefficient (Wildman–Crippen LogP) is 2.66. The van der Waals surface area contributed by atoms with E-state index >= 15 is 0 Å². The summed E-state index contributed by atoms with van der Waals surface area (Å²) in [5, 5.41) is 7.19. The van der Waals surface area contributed by atoms with Gasteiger partial charge in [-0.3, -0.25) is 9.48 Å². The molecular weight excluding hydrogens is 288 g/mol. The average molecular weight is 310 g/mol. The third kappa shape index (κ3) is 3.87. The third-order valence-corrected chi connectivity index (χ3v) is 3.95. The van der Waals surface area contributed by atoms with Crippen molar-refractivity contribution in [3.05, 3.63) is 53.4 Å². The van der Waals surface area contributed by atoms with Crippen LogP contribution in [0.15, 0.2) is 36.7 Å². The van der Waals surface area contributed by atoms with Crippen molar-refractivity contribution in [2.24, 2.45) is 0 Å². The van der Waals surface area contributed by atoms with Gasteiger partial charge in [0.25, 0.3) is 5.91 Å². The van der Waals surface area contributed by atoms with E-state index in [1.165, 1.54) is 11.1 Å². The third-order valence-electron chi connectivity index (χ3n) is 3.95. The zero-order chi connectivity index (χ0) is 16.2. The average Bonchev–Trinajstić information content (AvgIpc) is 3.00. The fourth-order valence-electron chi connectivity index (χ4n) is 2.63. The van der Waals surface area contributed by atoms with Crippen molar-refractivity contribution in [1.29, 1.82) is 0 Å². The lowest BCUT2D eigenvalue weighted by Gasteiger charge is -2.12. The van der Waals surface area contributed by atoms with Gasteiger partial charge in [-0.2, -0.15) is 5.10 Å². The van der Waals surface area contributed by atoms with Crippen molar-refractivity contribution in [3.63, 3.8) is 0 Å². The van der Waals surface area contributed by atoms with Gasteiger partial charge in [-0.15, -0.1) is 0 Å². The van der Waals surface area contributed by atoms with Crippen molar-refractivity contribution in [2.75, 3.05) is 26.0 Å². The Morgan fingerprint density at radius 2 is 2.26 bits per heavy atom. The van der Waals surface area contributed by atoms with Crippen molar-refractivity contribution < 1.29 is 4.79 Å². The standard InChI is InChI=1S/C18H22N4O/c1-21(2)9-10-22-13-17(12-19-22)20-18(23)16-8-7-14-5-3-4-6-15(14)11-16/h3,5,7-8,11-13H,4,6,9-10H2,1-2H3,(H,20,23). The van der Waals surface area contributed by atoms with Crippen LogP contribution in [0.1, 0.15) is 27.9 Å². The van der Waals surface area contributed by atoms with Crippen LogP contribution >= 0.6 is 0 Å². The molecule has 1 aliphatic rings. The number of aromatic nitrogens is 2. The summed E-state index contributed by atoms with van der Waals surface area (Å²) in [4.78, 5) is 14.5. The number of nitrogens with zero attached hydrogens (tertiary/aromatic N) is 3. The lowest BCUT2D eigenvalue weighted by atomic mass is 9.95. The molecule has 1 aromatic carbocycles. The second kappa shape index (κ2) is 6.79. The van der Waals surface area contributed by atoms with Crippen molar-refractivity contribution in [1.82, 2.24) is 14.7 Å². The number of amides is 1. The minimum Gasteiger partial charge on any atom is -0.319 e. The summed E-state index contributed by atoms with van der Waals surface area (Å²) in [5.74, 6) is -0.0884. The first-order chi connectivity index (χ1) is 11.1. The van der Waals surface area contributed by atoms with Gasteiger partial charge in [-0.25, -0.2) is 0 Å². The van der Waals surface area contributed by atoms with Crippen molar-refractivity contribution in [2.45, 2.75) is 19.4 Å². The van der Waals surface area contributed by atoms with Gasteiger partial charge in [-0.1, -0.05) is 18.2 Å². The fourth-order valence-corrected chi connectivity index (χ4v) is 2.63. The quantitative estimate of drug-likeness (QED) is 0.923. The number of likely N-dealkylation sites (N-methyl/N-ethyl adjacent to an activating group) is 1. The van der Waals surface area contributed by atoms with Crippen LogP contribution in [-0.2, 0) is 13.0 Å². The molecule has 0 unspecified atom stereocenters. The number of allylic oxidation sites excluding steroid dienone is 1. The molecule has 120 valence electrons. The van der Waals surface area contributed by atoms with E-state index in [1.807, 2.05) is 43.2 Å². The van der Waals surface area contributed by atoms with Gasteiger partial charge in [0, 0.05) is 18.3 Å². The topological polar surface area (TPSA) is 50.2 Å². The number of carbonyl (C=O) groups excluding carboxylic acids is 1. The summed E-state index contributed by atoms with van der Waals surface area (Å²) in [6.07, 6.45) is 9.88. The molecule has 0 bridgehead atoms. The summed E-state index contributed by atoms with van der Waals surface area (Å²) in [6, 6.07) is 5.88. The number of carbonyl (C=O) groups is 1. The van der Waals surface area contributed by atoms with Gasteiger partial charge in [0.1, 0.15) is 0 Å². The monoisotopic (exact) mass is 310 g/mol. The highest BCUT2D eigenvalue weighted by Gasteiger charge is 2.11.